The van der Waals surface area contributed by atoms with Gasteiger partial charge >= 0.3 is 6.18 Å². The molecular weight excluding hydrogens is 339 g/mol. The van der Waals surface area contributed by atoms with Crippen molar-refractivity contribution in [2.45, 2.75) is 56.6 Å². The van der Waals surface area contributed by atoms with Gasteiger partial charge in [-0.2, -0.15) is 13.2 Å². The molecule has 1 fully saturated rings. The maximum absolute atomic E-state index is 13.7. The van der Waals surface area contributed by atoms with Gasteiger partial charge in [0.1, 0.15) is 0 Å². The Morgan fingerprint density at radius 1 is 0.885 bits per heavy atom. The van der Waals surface area contributed by atoms with Gasteiger partial charge in [-0.1, -0.05) is 73.5 Å². The summed E-state index contributed by atoms with van der Waals surface area (Å²) < 4.78 is 41.2. The number of aliphatic hydroxyl groups is 1. The van der Waals surface area contributed by atoms with Crippen LogP contribution in [0.2, 0.25) is 0 Å². The summed E-state index contributed by atoms with van der Waals surface area (Å²) >= 11 is 0. The first-order valence-corrected chi connectivity index (χ1v) is 9.01. The van der Waals surface area contributed by atoms with E-state index in [9.17, 15) is 18.3 Å². The molecule has 26 heavy (non-hydrogen) atoms. The molecule has 0 spiro atoms. The summed E-state index contributed by atoms with van der Waals surface area (Å²) in [5.41, 5.74) is -0.772. The Morgan fingerprint density at radius 2 is 1.38 bits per heavy atom. The summed E-state index contributed by atoms with van der Waals surface area (Å²) in [7, 11) is 0. The van der Waals surface area contributed by atoms with Crippen LogP contribution in [0.25, 0.3) is 0 Å². The largest absolute Gasteiger partial charge is 0.418 e. The van der Waals surface area contributed by atoms with E-state index in [4.69, 9.17) is 0 Å². The summed E-state index contributed by atoms with van der Waals surface area (Å²) in [6, 6.07) is 18.0. The van der Waals surface area contributed by atoms with Crippen molar-refractivity contribution in [2.75, 3.05) is 0 Å². The number of benzene rings is 2. The summed E-state index contributed by atoms with van der Waals surface area (Å²) in [5, 5.41) is 10.6. The third-order valence-corrected chi connectivity index (χ3v) is 5.23. The Morgan fingerprint density at radius 3 is 1.85 bits per heavy atom. The minimum absolute atomic E-state index is 0.235. The first kappa shape index (κ1) is 18.9. The first-order valence-electron chi connectivity index (χ1n) is 9.01. The Labute approximate surface area is 152 Å². The van der Waals surface area contributed by atoms with Gasteiger partial charge in [-0.05, 0) is 24.0 Å². The second-order valence-electron chi connectivity index (χ2n) is 7.06. The fourth-order valence-corrected chi connectivity index (χ4v) is 3.86. The zero-order valence-corrected chi connectivity index (χ0v) is 14.6. The molecule has 2 atom stereocenters. The quantitative estimate of drug-likeness (QED) is 0.815. The molecule has 2 aromatic carbocycles. The molecular formula is C21H24F3NO. The van der Waals surface area contributed by atoms with E-state index in [1.807, 2.05) is 60.7 Å². The van der Waals surface area contributed by atoms with Crippen molar-refractivity contribution in [3.63, 3.8) is 0 Å². The molecule has 140 valence electrons. The molecule has 0 radical (unpaired) electrons. The number of halogens is 3. The lowest BCUT2D eigenvalue weighted by Crippen LogP contribution is -2.61. The van der Waals surface area contributed by atoms with E-state index < -0.39 is 17.8 Å². The van der Waals surface area contributed by atoms with Crippen molar-refractivity contribution >= 4 is 0 Å². The monoisotopic (exact) mass is 363 g/mol. The number of nitrogens with zero attached hydrogens (tertiary/aromatic N) is 1. The maximum atomic E-state index is 13.7. The lowest BCUT2D eigenvalue weighted by molar-refractivity contribution is -0.291. The smallest absolute Gasteiger partial charge is 0.379 e. The van der Waals surface area contributed by atoms with Crippen LogP contribution in [-0.2, 0) is 13.1 Å². The standard InChI is InChI=1S/C21H24F3NO/c22-21(23,24)20(26)14-8-7-13-19(20)25(15-17-9-3-1-4-10-17)16-18-11-5-2-6-12-18/h1-6,9-12,19,26H,7-8,13-16H2/t19-,20-/m0/s1. The molecule has 5 heteroatoms. The van der Waals surface area contributed by atoms with Crippen molar-refractivity contribution in [3.8, 4) is 0 Å². The molecule has 1 aliphatic rings. The molecule has 0 aliphatic heterocycles. The second kappa shape index (κ2) is 7.80. The third-order valence-electron chi connectivity index (χ3n) is 5.23. The Balaban J connectivity index is 1.92. The van der Waals surface area contributed by atoms with Gasteiger partial charge in [-0.3, -0.25) is 4.90 Å². The minimum Gasteiger partial charge on any atom is -0.379 e. The van der Waals surface area contributed by atoms with Gasteiger partial charge in [0.15, 0.2) is 5.60 Å². The lowest BCUT2D eigenvalue weighted by atomic mass is 9.78. The van der Waals surface area contributed by atoms with Crippen molar-refractivity contribution < 1.29 is 18.3 Å². The zero-order valence-electron chi connectivity index (χ0n) is 14.6. The maximum Gasteiger partial charge on any atom is 0.418 e. The van der Waals surface area contributed by atoms with Gasteiger partial charge in [0, 0.05) is 19.1 Å². The average molecular weight is 363 g/mol. The highest BCUT2D eigenvalue weighted by atomic mass is 19.4. The number of hydrogen-bond acceptors (Lipinski definition) is 2. The molecule has 0 amide bonds. The fourth-order valence-electron chi connectivity index (χ4n) is 3.86. The van der Waals surface area contributed by atoms with E-state index in [0.29, 0.717) is 32.4 Å². The number of hydrogen-bond donors (Lipinski definition) is 1. The molecule has 0 saturated heterocycles. The van der Waals surface area contributed by atoms with Gasteiger partial charge < -0.3 is 5.11 Å². The molecule has 0 bridgehead atoms. The molecule has 1 aliphatic carbocycles. The molecule has 0 unspecified atom stereocenters. The topological polar surface area (TPSA) is 23.5 Å². The van der Waals surface area contributed by atoms with E-state index in [2.05, 4.69) is 0 Å². The summed E-state index contributed by atoms with van der Waals surface area (Å²) in [4.78, 5) is 1.79. The Hall–Kier alpha value is -1.85. The third kappa shape index (κ3) is 4.10. The Kier molecular flexibility index (Phi) is 5.68. The van der Waals surface area contributed by atoms with Crippen LogP contribution in [0, 0.1) is 0 Å². The van der Waals surface area contributed by atoms with Crippen molar-refractivity contribution in [1.82, 2.24) is 4.90 Å². The molecule has 3 rings (SSSR count). The number of rotatable bonds is 5. The highest BCUT2D eigenvalue weighted by Crippen LogP contribution is 2.44. The van der Waals surface area contributed by atoms with Gasteiger partial charge in [0.2, 0.25) is 0 Å². The second-order valence-corrected chi connectivity index (χ2v) is 7.06. The van der Waals surface area contributed by atoms with E-state index in [1.165, 1.54) is 0 Å². The van der Waals surface area contributed by atoms with Gasteiger partial charge in [-0.25, -0.2) is 0 Å². The fraction of sp³-hybridized carbons (Fsp3) is 0.429. The summed E-state index contributed by atoms with van der Waals surface area (Å²) in [6.07, 6.45) is -3.43. The van der Waals surface area contributed by atoms with Crippen LogP contribution in [-0.4, -0.2) is 27.8 Å². The van der Waals surface area contributed by atoms with Crippen molar-refractivity contribution in [2.24, 2.45) is 0 Å². The zero-order chi connectivity index (χ0) is 18.6. The van der Waals surface area contributed by atoms with Crippen molar-refractivity contribution in [1.29, 1.82) is 0 Å². The molecule has 0 aromatic heterocycles. The molecule has 2 nitrogen and oxygen atoms in total. The lowest BCUT2D eigenvalue weighted by Gasteiger charge is -2.46. The molecule has 2 aromatic rings. The van der Waals surface area contributed by atoms with Crippen LogP contribution >= 0.6 is 0 Å². The van der Waals surface area contributed by atoms with E-state index in [1.54, 1.807) is 4.90 Å². The van der Waals surface area contributed by atoms with Gasteiger partial charge in [-0.15, -0.1) is 0 Å². The van der Waals surface area contributed by atoms with Gasteiger partial charge in [0.25, 0.3) is 0 Å². The highest BCUT2D eigenvalue weighted by Gasteiger charge is 2.60. The minimum atomic E-state index is -4.64. The van der Waals surface area contributed by atoms with Crippen LogP contribution in [0.4, 0.5) is 13.2 Å². The van der Waals surface area contributed by atoms with Crippen LogP contribution in [0.1, 0.15) is 36.8 Å². The highest BCUT2D eigenvalue weighted by molar-refractivity contribution is 5.18. The summed E-state index contributed by atoms with van der Waals surface area (Å²) in [5.74, 6) is 0. The molecule has 0 heterocycles. The molecule has 1 saturated carbocycles. The first-order chi connectivity index (χ1) is 12.4. The van der Waals surface area contributed by atoms with E-state index in [0.717, 1.165) is 11.1 Å². The normalized spacial score (nSPS) is 24.0. The predicted octanol–water partition coefficient (Wildman–Crippen LogP) is 4.92. The van der Waals surface area contributed by atoms with Crippen LogP contribution in [0.3, 0.4) is 0 Å². The van der Waals surface area contributed by atoms with Crippen LogP contribution in [0.15, 0.2) is 60.7 Å². The number of alkyl halides is 3. The molecule has 1 N–H and O–H groups in total. The van der Waals surface area contributed by atoms with E-state index >= 15 is 0 Å². The van der Waals surface area contributed by atoms with E-state index in [-0.39, 0.29) is 6.42 Å². The van der Waals surface area contributed by atoms with Crippen LogP contribution < -0.4 is 0 Å². The van der Waals surface area contributed by atoms with Gasteiger partial charge in [0.05, 0.1) is 0 Å². The average Bonchev–Trinajstić information content (AvgIpc) is 2.62. The van der Waals surface area contributed by atoms with Crippen molar-refractivity contribution in [3.05, 3.63) is 71.8 Å². The SMILES string of the molecule is O[C@@]1(C(F)(F)F)CCCC[C@@H]1N(Cc1ccccc1)Cc1ccccc1. The summed E-state index contributed by atoms with van der Waals surface area (Å²) in [6.45, 7) is 0.748. The van der Waals surface area contributed by atoms with Crippen LogP contribution in [0.5, 0.6) is 0 Å². The predicted molar refractivity (Wildman–Crippen MR) is 95.4 cm³/mol. The Bertz CT molecular complexity index is 648.